The number of nitrogens with one attached hydrogen (secondary N) is 1. The summed E-state index contributed by atoms with van der Waals surface area (Å²) < 4.78 is 11.8. The number of carbonyl (C=O) groups excluding carboxylic acids is 1. The molecule has 36 heavy (non-hydrogen) atoms. The van der Waals surface area contributed by atoms with Gasteiger partial charge in [-0.25, -0.2) is 0 Å². The Balaban J connectivity index is 1.54. The Hall–Kier alpha value is -3.73. The van der Waals surface area contributed by atoms with E-state index in [9.17, 15) is 14.9 Å². The molecule has 1 heterocycles. The van der Waals surface area contributed by atoms with E-state index in [0.29, 0.717) is 17.2 Å². The largest absolute Gasteiger partial charge is 0.497 e. The molecule has 2 aromatic carbocycles. The number of nitrogens with zero attached hydrogens (tertiary/aromatic N) is 2. The topological polar surface area (TPSA) is 112 Å². The fourth-order valence-corrected chi connectivity index (χ4v) is 5.27. The molecule has 8 nitrogen and oxygen atoms in total. The number of anilines is 1. The van der Waals surface area contributed by atoms with E-state index >= 15 is 0 Å². The second kappa shape index (κ2) is 11.3. The van der Waals surface area contributed by atoms with Gasteiger partial charge < -0.3 is 24.8 Å². The van der Waals surface area contributed by atoms with Gasteiger partial charge in [0.05, 0.1) is 25.6 Å². The summed E-state index contributed by atoms with van der Waals surface area (Å²) in [7, 11) is 3.21. The zero-order chi connectivity index (χ0) is 25.7. The molecule has 3 unspecified atom stereocenters. The van der Waals surface area contributed by atoms with Crippen LogP contribution < -0.4 is 14.8 Å². The van der Waals surface area contributed by atoms with Gasteiger partial charge in [0, 0.05) is 30.4 Å². The smallest absolute Gasteiger partial charge is 0.305 e. The molecule has 0 spiro atoms. The number of hydrogen-bond donors (Lipinski definition) is 2. The van der Waals surface area contributed by atoms with E-state index in [4.69, 9.17) is 14.6 Å². The number of fused-ring (bicyclic) bond motifs is 1. The van der Waals surface area contributed by atoms with Crippen molar-refractivity contribution in [3.8, 4) is 17.6 Å². The van der Waals surface area contributed by atoms with Crippen LogP contribution in [0, 0.1) is 17.2 Å². The summed E-state index contributed by atoms with van der Waals surface area (Å²) >= 11 is 0. The normalized spacial score (nSPS) is 19.9. The molecule has 1 amide bonds. The third-order valence-electron chi connectivity index (χ3n) is 7.27. The van der Waals surface area contributed by atoms with Crippen LogP contribution in [0.5, 0.6) is 11.5 Å². The first-order valence-corrected chi connectivity index (χ1v) is 12.5. The maximum absolute atomic E-state index is 12.7. The first-order valence-electron chi connectivity index (χ1n) is 12.5. The van der Waals surface area contributed by atoms with Crippen molar-refractivity contribution in [2.75, 3.05) is 26.0 Å². The lowest BCUT2D eigenvalue weighted by Crippen LogP contribution is -2.45. The van der Waals surface area contributed by atoms with E-state index in [1.807, 2.05) is 30.3 Å². The molecule has 2 N–H and O–H groups in total. The van der Waals surface area contributed by atoms with Crippen LogP contribution in [0.2, 0.25) is 0 Å². The Morgan fingerprint density at radius 2 is 1.92 bits per heavy atom. The van der Waals surface area contributed by atoms with Crippen molar-refractivity contribution in [2.24, 2.45) is 5.92 Å². The maximum atomic E-state index is 12.7. The minimum Gasteiger partial charge on any atom is -0.497 e. The van der Waals surface area contributed by atoms with E-state index in [2.05, 4.69) is 11.4 Å². The summed E-state index contributed by atoms with van der Waals surface area (Å²) in [5.74, 6) is 0.208. The first kappa shape index (κ1) is 25.4. The van der Waals surface area contributed by atoms with Crippen molar-refractivity contribution < 1.29 is 24.2 Å². The van der Waals surface area contributed by atoms with E-state index in [1.54, 1.807) is 26.3 Å². The molecule has 1 aliphatic heterocycles. The number of hydrogen-bond acceptors (Lipinski definition) is 6. The zero-order valence-electron chi connectivity index (χ0n) is 20.8. The molecule has 0 aromatic heterocycles. The minimum absolute atomic E-state index is 0.0758. The highest BCUT2D eigenvalue weighted by molar-refractivity contribution is 5.94. The number of aliphatic carboxylic acids is 1. The third-order valence-corrected chi connectivity index (χ3v) is 7.27. The fraction of sp³-hybridized carbons (Fsp3) is 0.464. The molecule has 1 saturated carbocycles. The molecule has 0 radical (unpaired) electrons. The van der Waals surface area contributed by atoms with E-state index < -0.39 is 11.9 Å². The first-order chi connectivity index (χ1) is 17.4. The molecule has 190 valence electrons. The fourth-order valence-electron chi connectivity index (χ4n) is 5.27. The predicted octanol–water partition coefficient (Wildman–Crippen LogP) is 4.67. The molecule has 1 aliphatic carbocycles. The molecule has 3 atom stereocenters. The summed E-state index contributed by atoms with van der Waals surface area (Å²) in [6.45, 7) is 0.151. The lowest BCUT2D eigenvalue weighted by Gasteiger charge is -2.36. The number of nitriles is 1. The lowest BCUT2D eigenvalue weighted by atomic mass is 9.78. The molecule has 2 aliphatic rings. The van der Waals surface area contributed by atoms with Crippen molar-refractivity contribution >= 4 is 17.6 Å². The Bertz CT molecular complexity index is 1120. The van der Waals surface area contributed by atoms with Crippen molar-refractivity contribution in [3.63, 3.8) is 0 Å². The van der Waals surface area contributed by atoms with Gasteiger partial charge in [-0.2, -0.15) is 5.26 Å². The van der Waals surface area contributed by atoms with Crippen molar-refractivity contribution in [1.82, 2.24) is 4.90 Å². The summed E-state index contributed by atoms with van der Waals surface area (Å²) in [6.07, 6.45) is 5.23. The van der Waals surface area contributed by atoms with Gasteiger partial charge in [-0.15, -0.1) is 0 Å². The summed E-state index contributed by atoms with van der Waals surface area (Å²) in [5.41, 5.74) is 2.20. The van der Waals surface area contributed by atoms with Crippen LogP contribution in [0.1, 0.15) is 60.4 Å². The van der Waals surface area contributed by atoms with Gasteiger partial charge in [0.15, 0.2) is 0 Å². The Morgan fingerprint density at radius 3 is 2.56 bits per heavy atom. The molecule has 8 heteroatoms. The van der Waals surface area contributed by atoms with E-state index in [0.717, 1.165) is 42.7 Å². The second-order valence-electron chi connectivity index (χ2n) is 9.61. The van der Waals surface area contributed by atoms with Gasteiger partial charge in [-0.1, -0.05) is 19.3 Å². The molecule has 4 rings (SSSR count). The highest BCUT2D eigenvalue weighted by Gasteiger charge is 2.43. The number of amides is 1. The second-order valence-corrected chi connectivity index (χ2v) is 9.61. The average molecular weight is 492 g/mol. The van der Waals surface area contributed by atoms with E-state index in [1.165, 1.54) is 11.3 Å². The van der Waals surface area contributed by atoms with Crippen molar-refractivity contribution in [2.45, 2.75) is 56.6 Å². The monoisotopic (exact) mass is 491 g/mol. The van der Waals surface area contributed by atoms with Gasteiger partial charge >= 0.3 is 5.97 Å². The Labute approximate surface area is 211 Å². The van der Waals surface area contributed by atoms with Crippen molar-refractivity contribution in [1.29, 1.82) is 5.26 Å². The lowest BCUT2D eigenvalue weighted by molar-refractivity contribution is -0.137. The highest BCUT2D eigenvalue weighted by atomic mass is 16.5. The third kappa shape index (κ3) is 5.56. The van der Waals surface area contributed by atoms with Gasteiger partial charge in [0.25, 0.3) is 5.91 Å². The zero-order valence-corrected chi connectivity index (χ0v) is 20.8. The van der Waals surface area contributed by atoms with Crippen LogP contribution in [0.25, 0.3) is 0 Å². The van der Waals surface area contributed by atoms with Crippen LogP contribution >= 0.6 is 0 Å². The number of carbonyl (C=O) groups is 2. The van der Waals surface area contributed by atoms with Crippen LogP contribution in [0.15, 0.2) is 42.5 Å². The standard InChI is InChI=1S/C28H33N3O5/c1-31(15-14-25(32)33)28(34)19-8-10-20(11-9-19)30-26(18-6-4-3-5-7-18)27-23(17-29)22-16-21(35-2)12-13-24(22)36-27/h8-13,16,18,23,26-27,30H,3-7,14-15H2,1-2H3,(H,32,33). The Kier molecular flexibility index (Phi) is 7.99. The average Bonchev–Trinajstić information content (AvgIpc) is 3.28. The Morgan fingerprint density at radius 1 is 1.19 bits per heavy atom. The number of carboxylic acid groups (broad SMARTS) is 1. The number of carboxylic acids is 1. The number of methoxy groups -OCH3 is 1. The number of rotatable bonds is 9. The van der Waals surface area contributed by atoms with Gasteiger partial charge in [0.1, 0.15) is 23.5 Å². The highest BCUT2D eigenvalue weighted by Crippen LogP contribution is 2.44. The number of ether oxygens (including phenoxy) is 2. The molecule has 1 fully saturated rings. The quantitative estimate of drug-likeness (QED) is 0.524. The van der Waals surface area contributed by atoms with Crippen LogP contribution in [-0.4, -0.2) is 54.7 Å². The van der Waals surface area contributed by atoms with Gasteiger partial charge in [-0.05, 0) is 61.2 Å². The summed E-state index contributed by atoms with van der Waals surface area (Å²) in [6, 6.07) is 15.2. The summed E-state index contributed by atoms with van der Waals surface area (Å²) in [4.78, 5) is 24.9. The van der Waals surface area contributed by atoms with Crippen LogP contribution in [0.3, 0.4) is 0 Å². The predicted molar refractivity (Wildman–Crippen MR) is 135 cm³/mol. The molecular formula is C28H33N3O5. The van der Waals surface area contributed by atoms with Crippen LogP contribution in [0.4, 0.5) is 5.69 Å². The van der Waals surface area contributed by atoms with Gasteiger partial charge in [-0.3, -0.25) is 9.59 Å². The molecule has 2 aromatic rings. The molecule has 0 saturated heterocycles. The molecular weight excluding hydrogens is 458 g/mol. The van der Waals surface area contributed by atoms with E-state index in [-0.39, 0.29) is 31.0 Å². The summed E-state index contributed by atoms with van der Waals surface area (Å²) in [5, 5.41) is 22.6. The van der Waals surface area contributed by atoms with Crippen LogP contribution in [-0.2, 0) is 4.79 Å². The molecule has 0 bridgehead atoms. The van der Waals surface area contributed by atoms with Gasteiger partial charge in [0.2, 0.25) is 0 Å². The SMILES string of the molecule is COc1ccc2c(c1)C(C#N)C(C(Nc1ccc(C(=O)N(C)CCC(=O)O)cc1)C1CCCCC1)O2. The minimum atomic E-state index is -0.937. The van der Waals surface area contributed by atoms with Crippen molar-refractivity contribution in [3.05, 3.63) is 53.6 Å². The number of benzene rings is 2. The maximum Gasteiger partial charge on any atom is 0.305 e.